The topological polar surface area (TPSA) is 80.0 Å². The number of hydrogen-bond donors (Lipinski definition) is 1. The monoisotopic (exact) mass is 442 g/mol. The minimum Gasteiger partial charge on any atom is -0.492 e. The van der Waals surface area contributed by atoms with Gasteiger partial charge in [-0.1, -0.05) is 49.4 Å². The van der Waals surface area contributed by atoms with E-state index in [2.05, 4.69) is 46.2 Å². The molecule has 0 radical (unpaired) electrons. The number of likely N-dealkylation sites (tertiary alicyclic amines) is 1. The number of rotatable bonds is 7. The lowest BCUT2D eigenvalue weighted by atomic mass is 9.93. The molecule has 1 aliphatic rings. The van der Waals surface area contributed by atoms with Crippen molar-refractivity contribution in [3.63, 3.8) is 0 Å². The summed E-state index contributed by atoms with van der Waals surface area (Å²) in [7, 11) is 0. The second-order valence-corrected chi connectivity index (χ2v) is 8.96. The summed E-state index contributed by atoms with van der Waals surface area (Å²) in [5.74, 6) is 0.571. The zero-order chi connectivity index (χ0) is 22.0. The third-order valence-corrected chi connectivity index (χ3v) is 7.02. The predicted octanol–water partition coefficient (Wildman–Crippen LogP) is 3.99. The van der Waals surface area contributed by atoms with Gasteiger partial charge in [0.2, 0.25) is 10.8 Å². The highest BCUT2D eigenvalue weighted by Gasteiger charge is 2.35. The first-order chi connectivity index (χ1) is 15.0. The van der Waals surface area contributed by atoms with Crippen LogP contribution in [0.15, 0.2) is 24.3 Å². The molecule has 1 fully saturated rings. The normalized spacial score (nSPS) is 18.4. The number of ether oxygens (including phenoxy) is 1. The number of nitrogens with zero attached hydrogens (tertiary/aromatic N) is 4. The van der Waals surface area contributed by atoms with Crippen LogP contribution in [-0.2, 0) is 22.4 Å². The van der Waals surface area contributed by atoms with Crippen molar-refractivity contribution in [2.24, 2.45) is 5.92 Å². The number of hydrogen-bond acceptors (Lipinski definition) is 7. The zero-order valence-corrected chi connectivity index (χ0v) is 19.2. The molecule has 2 atom stereocenters. The van der Waals surface area contributed by atoms with Gasteiger partial charge in [-0.25, -0.2) is 4.98 Å². The van der Waals surface area contributed by atoms with Crippen molar-refractivity contribution in [3.8, 4) is 5.88 Å². The molecule has 0 unspecified atom stereocenters. The maximum absolute atomic E-state index is 12.4. The Bertz CT molecular complexity index is 1040. The second kappa shape index (κ2) is 9.36. The van der Waals surface area contributed by atoms with Crippen LogP contribution in [-0.4, -0.2) is 50.3 Å². The molecule has 1 saturated heterocycles. The summed E-state index contributed by atoms with van der Waals surface area (Å²) in [6, 6.07) is 8.37. The van der Waals surface area contributed by atoms with Crippen molar-refractivity contribution in [3.05, 3.63) is 46.1 Å². The molecule has 0 saturated carbocycles. The molecule has 1 N–H and O–H groups in total. The fraction of sp³-hybridized carbons (Fsp3) is 0.522. The zero-order valence-electron chi connectivity index (χ0n) is 18.4. The summed E-state index contributed by atoms with van der Waals surface area (Å²) in [5.41, 5.74) is 2.36. The molecule has 2 aromatic heterocycles. The third kappa shape index (κ3) is 4.32. The molecule has 3 heterocycles. The van der Waals surface area contributed by atoms with Crippen LogP contribution in [0.3, 0.4) is 0 Å². The van der Waals surface area contributed by atoms with E-state index in [0.29, 0.717) is 18.1 Å². The van der Waals surface area contributed by atoms with E-state index in [1.807, 2.05) is 13.8 Å². The Balaban J connectivity index is 1.73. The average molecular weight is 443 g/mol. The summed E-state index contributed by atoms with van der Waals surface area (Å²) in [6.07, 6.45) is 3.44. The standard InChI is InChI=1S/C23H30N4O3S/c1-4-15-9-11-16(12-10-15)19(26-13-7-8-17(14-26)22(29)30-6-3)20-21(28)27-23(31-20)24-18(5-2)25-27/h9-12,17,19,28H,4-8,13-14H2,1-3H3/t17-,19-/m1/s1. The number of aromatic nitrogens is 3. The molecule has 8 heteroatoms. The van der Waals surface area contributed by atoms with Gasteiger partial charge in [0.1, 0.15) is 0 Å². The molecule has 3 aromatic rings. The maximum atomic E-state index is 12.4. The van der Waals surface area contributed by atoms with Crippen LogP contribution < -0.4 is 0 Å². The molecule has 0 bridgehead atoms. The van der Waals surface area contributed by atoms with Crippen molar-refractivity contribution in [2.45, 2.75) is 52.5 Å². The number of piperidine rings is 1. The summed E-state index contributed by atoms with van der Waals surface area (Å²) < 4.78 is 6.84. The molecule has 1 aromatic carbocycles. The molecule has 31 heavy (non-hydrogen) atoms. The van der Waals surface area contributed by atoms with Gasteiger partial charge in [0.15, 0.2) is 5.82 Å². The van der Waals surface area contributed by atoms with E-state index in [-0.39, 0.29) is 23.8 Å². The minimum atomic E-state index is -0.165. The van der Waals surface area contributed by atoms with E-state index in [1.54, 1.807) is 4.52 Å². The van der Waals surface area contributed by atoms with Crippen LogP contribution in [0.2, 0.25) is 0 Å². The highest BCUT2D eigenvalue weighted by Crippen LogP contribution is 2.41. The van der Waals surface area contributed by atoms with Gasteiger partial charge in [-0.15, -0.1) is 5.10 Å². The summed E-state index contributed by atoms with van der Waals surface area (Å²) >= 11 is 1.47. The summed E-state index contributed by atoms with van der Waals surface area (Å²) in [5, 5.41) is 15.5. The summed E-state index contributed by atoms with van der Waals surface area (Å²) in [6.45, 7) is 7.83. The van der Waals surface area contributed by atoms with Gasteiger partial charge in [0, 0.05) is 13.0 Å². The highest BCUT2D eigenvalue weighted by atomic mass is 32.1. The van der Waals surface area contributed by atoms with E-state index >= 15 is 0 Å². The molecular formula is C23H30N4O3S. The number of carbonyl (C=O) groups excluding carboxylic acids is 1. The van der Waals surface area contributed by atoms with Crippen LogP contribution in [0.5, 0.6) is 5.88 Å². The summed E-state index contributed by atoms with van der Waals surface area (Å²) in [4.78, 5) is 20.8. The first-order valence-corrected chi connectivity index (χ1v) is 11.9. The van der Waals surface area contributed by atoms with Crippen molar-refractivity contribution < 1.29 is 14.6 Å². The fourth-order valence-corrected chi connectivity index (χ4v) is 5.41. The van der Waals surface area contributed by atoms with Gasteiger partial charge in [-0.05, 0) is 43.9 Å². The Morgan fingerprint density at radius 1 is 1.26 bits per heavy atom. The molecule has 0 spiro atoms. The molecular weight excluding hydrogens is 412 g/mol. The molecule has 166 valence electrons. The Morgan fingerprint density at radius 3 is 2.68 bits per heavy atom. The second-order valence-electron chi connectivity index (χ2n) is 7.95. The maximum Gasteiger partial charge on any atom is 0.310 e. The SMILES string of the molecule is CCOC(=O)[C@@H]1CCCN([C@H](c2ccc(CC)cc2)c2sc3nc(CC)nn3c2O)C1. The van der Waals surface area contributed by atoms with E-state index in [9.17, 15) is 9.90 Å². The van der Waals surface area contributed by atoms with Gasteiger partial charge in [0.25, 0.3) is 0 Å². The Morgan fingerprint density at radius 2 is 2.03 bits per heavy atom. The lowest BCUT2D eigenvalue weighted by Crippen LogP contribution is -2.41. The van der Waals surface area contributed by atoms with E-state index in [0.717, 1.165) is 48.5 Å². The van der Waals surface area contributed by atoms with Crippen molar-refractivity contribution in [1.82, 2.24) is 19.5 Å². The highest BCUT2D eigenvalue weighted by molar-refractivity contribution is 7.17. The molecule has 4 rings (SSSR count). The molecule has 0 amide bonds. The number of aromatic hydroxyl groups is 1. The van der Waals surface area contributed by atoms with Crippen LogP contribution in [0.25, 0.3) is 4.96 Å². The van der Waals surface area contributed by atoms with Crippen LogP contribution >= 0.6 is 11.3 Å². The van der Waals surface area contributed by atoms with E-state index in [1.165, 1.54) is 16.9 Å². The number of carbonyl (C=O) groups is 1. The van der Waals surface area contributed by atoms with Gasteiger partial charge < -0.3 is 9.84 Å². The predicted molar refractivity (Wildman–Crippen MR) is 120 cm³/mol. The van der Waals surface area contributed by atoms with Crippen molar-refractivity contribution in [2.75, 3.05) is 19.7 Å². The first kappa shape index (κ1) is 21.8. The number of fused-ring (bicyclic) bond motifs is 1. The fourth-order valence-electron chi connectivity index (χ4n) is 4.28. The quantitative estimate of drug-likeness (QED) is 0.558. The van der Waals surface area contributed by atoms with E-state index < -0.39 is 0 Å². The van der Waals surface area contributed by atoms with E-state index in [4.69, 9.17) is 4.74 Å². The minimum absolute atomic E-state index is 0.133. The molecule has 1 aliphatic heterocycles. The average Bonchev–Trinajstić information content (AvgIpc) is 3.34. The smallest absolute Gasteiger partial charge is 0.310 e. The number of thiazole rings is 1. The van der Waals surface area contributed by atoms with Gasteiger partial charge >= 0.3 is 5.97 Å². The van der Waals surface area contributed by atoms with Crippen LogP contribution in [0.4, 0.5) is 0 Å². The number of esters is 1. The van der Waals surface area contributed by atoms with Crippen molar-refractivity contribution in [1.29, 1.82) is 0 Å². The van der Waals surface area contributed by atoms with Crippen LogP contribution in [0, 0.1) is 5.92 Å². The van der Waals surface area contributed by atoms with Crippen LogP contribution in [0.1, 0.15) is 61.5 Å². The lowest BCUT2D eigenvalue weighted by molar-refractivity contribution is -0.150. The molecule has 7 nitrogen and oxygen atoms in total. The Labute approximate surface area is 186 Å². The Kier molecular flexibility index (Phi) is 6.57. The van der Waals surface area contributed by atoms with Gasteiger partial charge in [-0.3, -0.25) is 9.69 Å². The number of aryl methyl sites for hydroxylation is 2. The van der Waals surface area contributed by atoms with Gasteiger partial charge in [0.05, 0.1) is 23.4 Å². The largest absolute Gasteiger partial charge is 0.492 e. The lowest BCUT2D eigenvalue weighted by Gasteiger charge is -2.37. The molecule has 0 aliphatic carbocycles. The van der Waals surface area contributed by atoms with Gasteiger partial charge in [-0.2, -0.15) is 4.52 Å². The first-order valence-electron chi connectivity index (χ1n) is 11.1. The third-order valence-electron chi connectivity index (χ3n) is 5.95. The van der Waals surface area contributed by atoms with Crippen molar-refractivity contribution >= 4 is 22.3 Å². The Hall–Kier alpha value is -2.45. The number of benzene rings is 1.